The molecule has 3 aromatic heterocycles. The molecule has 0 aliphatic carbocycles. The van der Waals surface area contributed by atoms with Gasteiger partial charge < -0.3 is 9.73 Å². The Balaban J connectivity index is 1.28. The summed E-state index contributed by atoms with van der Waals surface area (Å²) < 4.78 is 6.11. The van der Waals surface area contributed by atoms with Gasteiger partial charge in [0.25, 0.3) is 5.91 Å². The van der Waals surface area contributed by atoms with Crippen molar-refractivity contribution in [3.05, 3.63) is 84.5 Å². The van der Waals surface area contributed by atoms with Gasteiger partial charge in [0, 0.05) is 41.6 Å². The molecule has 166 valence electrons. The lowest BCUT2D eigenvalue weighted by Gasteiger charge is -2.51. The van der Waals surface area contributed by atoms with Crippen LogP contribution in [-0.2, 0) is 6.42 Å². The van der Waals surface area contributed by atoms with Crippen LogP contribution >= 0.6 is 0 Å². The molecule has 0 spiro atoms. The molecule has 0 saturated carbocycles. The highest BCUT2D eigenvalue weighted by Gasteiger charge is 2.43. The highest BCUT2D eigenvalue weighted by molar-refractivity contribution is 5.99. The molecule has 1 amide bonds. The van der Waals surface area contributed by atoms with Crippen molar-refractivity contribution >= 4 is 16.9 Å². The second kappa shape index (κ2) is 8.45. The summed E-state index contributed by atoms with van der Waals surface area (Å²) in [6, 6.07) is 18.0. The van der Waals surface area contributed by atoms with Gasteiger partial charge in [-0.1, -0.05) is 24.3 Å². The normalized spacial score (nSPS) is 24.1. The third kappa shape index (κ3) is 3.80. The maximum Gasteiger partial charge on any atom is 0.287 e. The number of piperidine rings is 3. The van der Waals surface area contributed by atoms with Crippen molar-refractivity contribution in [1.29, 1.82) is 0 Å². The van der Waals surface area contributed by atoms with Crippen LogP contribution in [0.1, 0.15) is 29.0 Å². The Hall–Kier alpha value is -3.51. The van der Waals surface area contributed by atoms with Crippen LogP contribution in [0.2, 0.25) is 0 Å². The Morgan fingerprint density at radius 1 is 1.06 bits per heavy atom. The van der Waals surface area contributed by atoms with E-state index in [1.54, 1.807) is 12.4 Å². The molecule has 1 aromatic carbocycles. The lowest BCUT2D eigenvalue weighted by Crippen LogP contribution is -2.64. The van der Waals surface area contributed by atoms with Crippen LogP contribution in [0.5, 0.6) is 0 Å². The Morgan fingerprint density at radius 2 is 1.97 bits per heavy atom. The molecule has 1 N–H and O–H groups in total. The van der Waals surface area contributed by atoms with E-state index in [2.05, 4.69) is 26.3 Å². The van der Waals surface area contributed by atoms with Crippen LogP contribution in [0.15, 0.2) is 77.6 Å². The van der Waals surface area contributed by atoms with Crippen LogP contribution in [-0.4, -0.2) is 45.9 Å². The van der Waals surface area contributed by atoms with Crippen molar-refractivity contribution in [2.75, 3.05) is 13.1 Å². The molecule has 4 aromatic rings. The summed E-state index contributed by atoms with van der Waals surface area (Å²) in [7, 11) is 0. The average molecular weight is 439 g/mol. The summed E-state index contributed by atoms with van der Waals surface area (Å²) >= 11 is 0. The fourth-order valence-electron chi connectivity index (χ4n) is 5.50. The maximum absolute atomic E-state index is 13.4. The second-order valence-electron chi connectivity index (χ2n) is 9.05. The monoisotopic (exact) mass is 438 g/mol. The fourth-order valence-corrected chi connectivity index (χ4v) is 5.50. The molecule has 0 unspecified atom stereocenters. The van der Waals surface area contributed by atoms with Crippen LogP contribution in [0.4, 0.5) is 0 Å². The van der Waals surface area contributed by atoms with E-state index < -0.39 is 0 Å². The first-order chi connectivity index (χ1) is 16.3. The van der Waals surface area contributed by atoms with E-state index >= 15 is 0 Å². The molecule has 6 nitrogen and oxygen atoms in total. The first kappa shape index (κ1) is 20.1. The van der Waals surface area contributed by atoms with E-state index in [0.29, 0.717) is 17.3 Å². The van der Waals surface area contributed by atoms with E-state index in [1.807, 2.05) is 54.7 Å². The molecular formula is C27H26N4O2. The first-order valence-electron chi connectivity index (χ1n) is 11.6. The van der Waals surface area contributed by atoms with Gasteiger partial charge in [-0.2, -0.15) is 0 Å². The number of hydrogen-bond acceptors (Lipinski definition) is 5. The highest BCUT2D eigenvalue weighted by atomic mass is 16.3. The van der Waals surface area contributed by atoms with Crippen molar-refractivity contribution in [2.24, 2.45) is 5.92 Å². The van der Waals surface area contributed by atoms with Gasteiger partial charge in [0.05, 0.1) is 5.69 Å². The van der Waals surface area contributed by atoms with Crippen molar-refractivity contribution < 1.29 is 9.21 Å². The Bertz CT molecular complexity index is 1260. The number of benzene rings is 1. The third-order valence-corrected chi connectivity index (χ3v) is 7.14. The molecule has 3 saturated heterocycles. The third-order valence-electron chi connectivity index (χ3n) is 7.14. The number of nitrogens with zero attached hydrogens (tertiary/aromatic N) is 3. The van der Waals surface area contributed by atoms with Gasteiger partial charge in [-0.25, -0.2) is 0 Å². The van der Waals surface area contributed by atoms with Gasteiger partial charge in [0.1, 0.15) is 5.58 Å². The first-order valence-corrected chi connectivity index (χ1v) is 11.6. The number of rotatable bonds is 5. The minimum atomic E-state index is -0.145. The standard InChI is InChI=1S/C27H26N4O2/c32-27(24-16-20-6-3-7-21(26(20)33-24)22-8-1-2-12-29-22)30-25-19-9-13-31(14-10-19)23(25)15-18-5-4-11-28-17-18/h1-8,11-12,16-17,19,23,25H,9-10,13-15H2,(H,30,32)/t23-,25+/m0/s1. The number of furan rings is 1. The van der Waals surface area contributed by atoms with E-state index in [-0.39, 0.29) is 18.0 Å². The summed E-state index contributed by atoms with van der Waals surface area (Å²) in [5, 5.41) is 4.25. The van der Waals surface area contributed by atoms with Crippen molar-refractivity contribution in [3.8, 4) is 11.3 Å². The number of nitrogens with one attached hydrogen (secondary N) is 1. The van der Waals surface area contributed by atoms with Gasteiger partial charge in [0.15, 0.2) is 5.76 Å². The number of para-hydroxylation sites is 1. The molecule has 3 aliphatic heterocycles. The second-order valence-corrected chi connectivity index (χ2v) is 9.05. The summed E-state index contributed by atoms with van der Waals surface area (Å²) in [5.41, 5.74) is 3.63. The number of hydrogen-bond donors (Lipinski definition) is 1. The predicted octanol–water partition coefficient (Wildman–Crippen LogP) is 4.33. The van der Waals surface area contributed by atoms with Gasteiger partial charge in [-0.05, 0) is 74.2 Å². The topological polar surface area (TPSA) is 71.3 Å². The molecule has 33 heavy (non-hydrogen) atoms. The van der Waals surface area contributed by atoms with Crippen LogP contribution in [0.25, 0.3) is 22.2 Å². The summed E-state index contributed by atoms with van der Waals surface area (Å²) in [5.74, 6) is 0.701. The Morgan fingerprint density at radius 3 is 2.76 bits per heavy atom. The minimum Gasteiger partial charge on any atom is -0.450 e. The summed E-state index contributed by atoms with van der Waals surface area (Å²) in [6.45, 7) is 2.19. The lowest BCUT2D eigenvalue weighted by molar-refractivity contribution is 0.0131. The molecule has 7 rings (SSSR count). The number of pyridine rings is 2. The number of fused-ring (bicyclic) bond motifs is 4. The van der Waals surface area contributed by atoms with Gasteiger partial charge in [-0.3, -0.25) is 19.7 Å². The highest BCUT2D eigenvalue weighted by Crippen LogP contribution is 2.35. The molecule has 2 bridgehead atoms. The summed E-state index contributed by atoms with van der Waals surface area (Å²) in [6.07, 6.45) is 8.63. The van der Waals surface area contributed by atoms with Crippen molar-refractivity contribution in [3.63, 3.8) is 0 Å². The van der Waals surface area contributed by atoms with Gasteiger partial charge in [0.2, 0.25) is 0 Å². The van der Waals surface area contributed by atoms with Crippen LogP contribution in [0, 0.1) is 5.92 Å². The van der Waals surface area contributed by atoms with E-state index in [0.717, 1.165) is 49.0 Å². The van der Waals surface area contributed by atoms with Crippen molar-refractivity contribution in [1.82, 2.24) is 20.2 Å². The lowest BCUT2D eigenvalue weighted by atomic mass is 9.76. The number of amides is 1. The zero-order valence-electron chi connectivity index (χ0n) is 18.4. The molecule has 2 atom stereocenters. The zero-order valence-corrected chi connectivity index (χ0v) is 18.4. The maximum atomic E-state index is 13.4. The number of carbonyl (C=O) groups excluding carboxylic acids is 1. The number of aromatic nitrogens is 2. The average Bonchev–Trinajstić information content (AvgIpc) is 3.32. The van der Waals surface area contributed by atoms with Crippen LogP contribution in [0.3, 0.4) is 0 Å². The number of carbonyl (C=O) groups is 1. The van der Waals surface area contributed by atoms with E-state index in [4.69, 9.17) is 4.42 Å². The summed E-state index contributed by atoms with van der Waals surface area (Å²) in [4.78, 5) is 24.6. The van der Waals surface area contributed by atoms with Crippen molar-refractivity contribution in [2.45, 2.75) is 31.3 Å². The quantitative estimate of drug-likeness (QED) is 0.502. The fraction of sp³-hybridized carbons (Fsp3) is 0.296. The minimum absolute atomic E-state index is 0.101. The molecule has 6 heterocycles. The molecule has 0 radical (unpaired) electrons. The molecule has 6 heteroatoms. The largest absolute Gasteiger partial charge is 0.450 e. The zero-order chi connectivity index (χ0) is 22.2. The Labute approximate surface area is 192 Å². The van der Waals surface area contributed by atoms with Gasteiger partial charge in [-0.15, -0.1) is 0 Å². The van der Waals surface area contributed by atoms with E-state index in [9.17, 15) is 4.79 Å². The molecule has 3 fully saturated rings. The molecule has 3 aliphatic rings. The smallest absolute Gasteiger partial charge is 0.287 e. The Kier molecular flexibility index (Phi) is 5.15. The molecular weight excluding hydrogens is 412 g/mol. The van der Waals surface area contributed by atoms with Gasteiger partial charge >= 0.3 is 0 Å². The SMILES string of the molecule is O=C(N[C@@H]1C2CCN(CC2)[C@H]1Cc1cccnc1)c1cc2cccc(-c3ccccn3)c2o1. The van der Waals surface area contributed by atoms with E-state index in [1.165, 1.54) is 5.56 Å². The van der Waals surface area contributed by atoms with Crippen LogP contribution < -0.4 is 5.32 Å². The predicted molar refractivity (Wildman–Crippen MR) is 127 cm³/mol.